The SMILES string of the molecule is CN(C)C(=O)[C@@H](NC(=O)CNC(=O)C(=O)[C@H](CC1CCC1)NC(=O)[C@@H]1[C@H]2CC(F)(F)C[C@H]2CN1C(=O)[C@@H](NC(=O)OC(C)(C)C)C1CCCCC1)c1ccccc1. The van der Waals surface area contributed by atoms with Crippen molar-refractivity contribution in [3.05, 3.63) is 35.9 Å². The Bertz CT molecular complexity index is 1660. The average molecular weight is 801 g/mol. The number of carbonyl (C=O) groups is 7. The largest absolute Gasteiger partial charge is 0.444 e. The minimum atomic E-state index is -3.06. The Morgan fingerprint density at radius 2 is 1.56 bits per heavy atom. The van der Waals surface area contributed by atoms with Gasteiger partial charge in [0.25, 0.3) is 5.91 Å². The maximum atomic E-state index is 14.9. The summed E-state index contributed by atoms with van der Waals surface area (Å²) in [6.07, 6.45) is 4.50. The average Bonchev–Trinajstić information content (AvgIpc) is 3.63. The van der Waals surface area contributed by atoms with E-state index in [1.807, 2.05) is 0 Å². The van der Waals surface area contributed by atoms with E-state index in [4.69, 9.17) is 4.74 Å². The molecule has 1 aromatic carbocycles. The summed E-state index contributed by atoms with van der Waals surface area (Å²) in [7, 11) is 3.08. The van der Waals surface area contributed by atoms with Crippen LogP contribution in [0.15, 0.2) is 30.3 Å². The molecule has 3 saturated carbocycles. The maximum Gasteiger partial charge on any atom is 0.408 e. The lowest BCUT2D eigenvalue weighted by Crippen LogP contribution is -2.59. The van der Waals surface area contributed by atoms with E-state index in [0.717, 1.165) is 38.5 Å². The number of nitrogens with zero attached hydrogens (tertiary/aromatic N) is 2. The van der Waals surface area contributed by atoms with Crippen molar-refractivity contribution in [3.8, 4) is 0 Å². The number of likely N-dealkylation sites (N-methyl/N-ethyl adjacent to an activating group) is 1. The van der Waals surface area contributed by atoms with Crippen molar-refractivity contribution >= 4 is 41.4 Å². The summed E-state index contributed by atoms with van der Waals surface area (Å²) in [5.74, 6) is -9.64. The van der Waals surface area contributed by atoms with E-state index < -0.39 is 108 Å². The molecule has 0 unspecified atom stereocenters. The van der Waals surface area contributed by atoms with Crippen LogP contribution in [0, 0.1) is 23.7 Å². The van der Waals surface area contributed by atoms with Crippen LogP contribution in [0.4, 0.5) is 13.6 Å². The summed E-state index contributed by atoms with van der Waals surface area (Å²) in [6.45, 7) is 4.30. The Morgan fingerprint density at radius 3 is 2.16 bits per heavy atom. The number of fused-ring (bicyclic) bond motifs is 1. The molecule has 14 nitrogen and oxygen atoms in total. The van der Waals surface area contributed by atoms with Crippen molar-refractivity contribution < 1.29 is 47.1 Å². The Balaban J connectivity index is 1.32. The molecule has 3 aliphatic carbocycles. The van der Waals surface area contributed by atoms with E-state index >= 15 is 0 Å². The molecule has 314 valence electrons. The standard InChI is InChI=1S/C41H58F2N6O8/c1-40(2,3)57-39(56)47-32(26-17-10-7-11-18-26)38(55)49-23-27-20-41(42,43)21-28(27)33(49)35(52)45-29(19-24-13-12-14-24)34(51)36(53)44-22-30(50)46-31(37(54)48(4)5)25-15-8-6-9-16-25/h6,8-9,15-16,24,26-29,31-33H,7,10-14,17-23H2,1-5H3,(H,44,53)(H,45,52)(H,46,50)(H,47,56)/t27-,28-,29-,31-,32-,33-/m0/s1. The number of rotatable bonds is 14. The first-order chi connectivity index (χ1) is 26.8. The number of hydrogen-bond donors (Lipinski definition) is 4. The van der Waals surface area contributed by atoms with Crippen molar-refractivity contribution in [1.82, 2.24) is 31.1 Å². The minimum absolute atomic E-state index is 0.0117. The third-order valence-electron chi connectivity index (χ3n) is 11.7. The van der Waals surface area contributed by atoms with Gasteiger partial charge in [-0.25, -0.2) is 13.6 Å². The first kappa shape index (κ1) is 43.5. The molecular formula is C41H58F2N6O8. The van der Waals surface area contributed by atoms with Crippen LogP contribution in [-0.2, 0) is 33.5 Å². The molecule has 4 N–H and O–H groups in total. The van der Waals surface area contributed by atoms with Gasteiger partial charge in [0.1, 0.15) is 23.7 Å². The Morgan fingerprint density at radius 1 is 0.895 bits per heavy atom. The van der Waals surface area contributed by atoms with E-state index in [1.54, 1.807) is 51.1 Å². The molecule has 0 bridgehead atoms. The number of benzene rings is 1. The van der Waals surface area contributed by atoms with Crippen LogP contribution >= 0.6 is 0 Å². The molecule has 0 aromatic heterocycles. The summed E-state index contributed by atoms with van der Waals surface area (Å²) in [5, 5.41) is 10.3. The number of hydrogen-bond acceptors (Lipinski definition) is 8. The zero-order valence-corrected chi connectivity index (χ0v) is 33.6. The van der Waals surface area contributed by atoms with E-state index in [1.165, 1.54) is 23.9 Å². The normalized spacial score (nSPS) is 23.5. The van der Waals surface area contributed by atoms with Crippen molar-refractivity contribution in [1.29, 1.82) is 0 Å². The lowest BCUT2D eigenvalue weighted by atomic mass is 9.80. The molecule has 1 aliphatic heterocycles. The molecule has 6 amide bonds. The second-order valence-electron chi connectivity index (χ2n) is 17.4. The van der Waals surface area contributed by atoms with E-state index in [-0.39, 0.29) is 24.8 Å². The van der Waals surface area contributed by atoms with E-state index in [9.17, 15) is 42.3 Å². The maximum absolute atomic E-state index is 14.9. The Hall–Kier alpha value is -4.63. The van der Waals surface area contributed by atoms with E-state index in [2.05, 4.69) is 21.3 Å². The molecule has 16 heteroatoms. The minimum Gasteiger partial charge on any atom is -0.444 e. The molecule has 4 aliphatic rings. The number of halogens is 2. The van der Waals surface area contributed by atoms with Gasteiger partial charge >= 0.3 is 6.09 Å². The smallest absolute Gasteiger partial charge is 0.408 e. The number of ether oxygens (including phenoxy) is 1. The topological polar surface area (TPSA) is 183 Å². The summed E-state index contributed by atoms with van der Waals surface area (Å²) in [6, 6.07) is 3.68. The third-order valence-corrected chi connectivity index (χ3v) is 11.7. The van der Waals surface area contributed by atoms with Crippen molar-refractivity contribution in [2.75, 3.05) is 27.2 Å². The molecule has 5 rings (SSSR count). The first-order valence-electron chi connectivity index (χ1n) is 20.2. The number of ketones is 1. The number of Topliss-reactive ketones (excluding diaryl/α,β-unsaturated/α-hetero) is 1. The zero-order chi connectivity index (χ0) is 41.7. The Kier molecular flexibility index (Phi) is 14.0. The highest BCUT2D eigenvalue weighted by Gasteiger charge is 2.59. The summed E-state index contributed by atoms with van der Waals surface area (Å²) in [4.78, 5) is 97.4. The molecule has 1 aromatic rings. The number of carbonyl (C=O) groups excluding carboxylic acids is 7. The predicted octanol–water partition coefficient (Wildman–Crippen LogP) is 3.64. The van der Waals surface area contributed by atoms with Gasteiger partial charge in [-0.3, -0.25) is 28.8 Å². The van der Waals surface area contributed by atoms with Gasteiger partial charge in [-0.1, -0.05) is 68.9 Å². The van der Waals surface area contributed by atoms with Crippen molar-refractivity contribution in [2.45, 2.75) is 127 Å². The van der Waals surface area contributed by atoms with Crippen LogP contribution in [0.1, 0.15) is 103 Å². The van der Waals surface area contributed by atoms with Crippen LogP contribution in [-0.4, -0.2) is 108 Å². The van der Waals surface area contributed by atoms with Gasteiger partial charge in [-0.2, -0.15) is 0 Å². The number of amides is 6. The lowest BCUT2D eigenvalue weighted by molar-refractivity contribution is -0.145. The Labute approximate surface area is 332 Å². The van der Waals surface area contributed by atoms with Crippen LogP contribution in [0.25, 0.3) is 0 Å². The molecular weight excluding hydrogens is 742 g/mol. The van der Waals surface area contributed by atoms with E-state index in [0.29, 0.717) is 18.4 Å². The first-order valence-corrected chi connectivity index (χ1v) is 20.2. The van der Waals surface area contributed by atoms with Crippen molar-refractivity contribution in [3.63, 3.8) is 0 Å². The molecule has 1 heterocycles. The summed E-state index contributed by atoms with van der Waals surface area (Å²) in [5.41, 5.74) is -0.334. The van der Waals surface area contributed by atoms with Crippen LogP contribution in [0.3, 0.4) is 0 Å². The summed E-state index contributed by atoms with van der Waals surface area (Å²) < 4.78 is 35.2. The van der Waals surface area contributed by atoms with Crippen LogP contribution < -0.4 is 21.3 Å². The summed E-state index contributed by atoms with van der Waals surface area (Å²) >= 11 is 0. The fraction of sp³-hybridized carbons (Fsp3) is 0.683. The van der Waals surface area contributed by atoms with Gasteiger partial charge in [0, 0.05) is 33.5 Å². The van der Waals surface area contributed by atoms with Gasteiger partial charge in [0.15, 0.2) is 0 Å². The third kappa shape index (κ3) is 11.3. The number of alkyl halides is 2. The molecule has 57 heavy (non-hydrogen) atoms. The molecule has 6 atom stereocenters. The van der Waals surface area contributed by atoms with Gasteiger partial charge in [-0.15, -0.1) is 0 Å². The second-order valence-corrected chi connectivity index (χ2v) is 17.4. The predicted molar refractivity (Wildman–Crippen MR) is 204 cm³/mol. The fourth-order valence-electron chi connectivity index (χ4n) is 8.68. The fourth-order valence-corrected chi connectivity index (χ4v) is 8.68. The number of alkyl carbamates (subject to hydrolysis) is 1. The lowest BCUT2D eigenvalue weighted by Gasteiger charge is -2.36. The molecule has 4 fully saturated rings. The number of likely N-dealkylation sites (tertiary alicyclic amines) is 1. The molecule has 1 saturated heterocycles. The van der Waals surface area contributed by atoms with Crippen molar-refractivity contribution in [2.24, 2.45) is 23.7 Å². The molecule has 0 radical (unpaired) electrons. The van der Waals surface area contributed by atoms with Gasteiger partial charge < -0.3 is 35.8 Å². The highest BCUT2D eigenvalue weighted by atomic mass is 19.3. The van der Waals surface area contributed by atoms with Gasteiger partial charge in [0.05, 0.1) is 12.6 Å². The van der Waals surface area contributed by atoms with Gasteiger partial charge in [-0.05, 0) is 69.3 Å². The van der Waals surface area contributed by atoms with Crippen LogP contribution in [0.5, 0.6) is 0 Å². The second kappa shape index (κ2) is 18.3. The highest BCUT2D eigenvalue weighted by molar-refractivity contribution is 6.38. The quantitative estimate of drug-likeness (QED) is 0.206. The highest BCUT2D eigenvalue weighted by Crippen LogP contribution is 2.50. The molecule has 0 spiro atoms. The van der Waals surface area contributed by atoms with Crippen LogP contribution in [0.2, 0.25) is 0 Å². The zero-order valence-electron chi connectivity index (χ0n) is 33.6. The monoisotopic (exact) mass is 800 g/mol. The number of nitrogens with one attached hydrogen (secondary N) is 4. The van der Waals surface area contributed by atoms with Gasteiger partial charge in [0.2, 0.25) is 35.3 Å².